The van der Waals surface area contributed by atoms with Gasteiger partial charge in [-0.15, -0.1) is 5.10 Å². The van der Waals surface area contributed by atoms with Crippen molar-refractivity contribution >= 4 is 0 Å². The Balaban J connectivity index is 1.63. The Hall–Kier alpha value is -1.90. The van der Waals surface area contributed by atoms with Crippen LogP contribution in [0.3, 0.4) is 0 Å². The van der Waals surface area contributed by atoms with Gasteiger partial charge in [0, 0.05) is 19.6 Å². The van der Waals surface area contributed by atoms with Gasteiger partial charge in [-0.3, -0.25) is 0 Å². The Kier molecular flexibility index (Phi) is 4.94. The smallest absolute Gasteiger partial charge is 0.170 e. The lowest BCUT2D eigenvalue weighted by atomic mass is 10.2. The van der Waals surface area contributed by atoms with Gasteiger partial charge in [0.25, 0.3) is 0 Å². The molecule has 0 bridgehead atoms. The van der Waals surface area contributed by atoms with Crippen molar-refractivity contribution in [1.82, 2.24) is 30.4 Å². The molecule has 23 heavy (non-hydrogen) atoms. The van der Waals surface area contributed by atoms with Crippen LogP contribution < -0.4 is 5.32 Å². The molecule has 0 unspecified atom stereocenters. The summed E-state index contributed by atoms with van der Waals surface area (Å²) in [5.41, 5.74) is 1.31. The van der Waals surface area contributed by atoms with Gasteiger partial charge < -0.3 is 15.0 Å². The zero-order valence-corrected chi connectivity index (χ0v) is 13.4. The second kappa shape index (κ2) is 7.12. The summed E-state index contributed by atoms with van der Waals surface area (Å²) in [6.07, 6.45) is 0.147. The molecule has 0 saturated carbocycles. The molecule has 0 radical (unpaired) electrons. The number of morpholine rings is 1. The molecule has 8 heteroatoms. The molecule has 0 spiro atoms. The van der Waals surface area contributed by atoms with E-state index in [9.17, 15) is 4.39 Å². The third-order valence-corrected chi connectivity index (χ3v) is 3.86. The molecule has 1 aliphatic heterocycles. The quantitative estimate of drug-likeness (QED) is 0.867. The molecule has 1 saturated heterocycles. The highest BCUT2D eigenvalue weighted by molar-refractivity contribution is 5.36. The Morgan fingerprint density at radius 3 is 3.13 bits per heavy atom. The SMILES string of the molecule is Cc1ccc(F)c(-n2nnnc2CNC[C@@H]2CN(C)CCO2)c1. The second-order valence-corrected chi connectivity index (χ2v) is 5.85. The van der Waals surface area contributed by atoms with Crippen LogP contribution in [0.15, 0.2) is 18.2 Å². The third kappa shape index (κ3) is 3.90. The maximum Gasteiger partial charge on any atom is 0.170 e. The fraction of sp³-hybridized carbons (Fsp3) is 0.533. The van der Waals surface area contributed by atoms with Gasteiger partial charge in [0.15, 0.2) is 5.82 Å². The number of aryl methyl sites for hydroxylation is 1. The van der Waals surface area contributed by atoms with E-state index < -0.39 is 0 Å². The molecule has 1 aliphatic rings. The molecule has 0 amide bonds. The van der Waals surface area contributed by atoms with E-state index >= 15 is 0 Å². The molecule has 124 valence electrons. The highest BCUT2D eigenvalue weighted by Crippen LogP contribution is 2.15. The molecule has 2 heterocycles. The van der Waals surface area contributed by atoms with Gasteiger partial charge in [0.2, 0.25) is 0 Å². The zero-order valence-electron chi connectivity index (χ0n) is 13.4. The van der Waals surface area contributed by atoms with E-state index in [2.05, 4.69) is 32.8 Å². The summed E-state index contributed by atoms with van der Waals surface area (Å²) in [5.74, 6) is 0.222. The molecule has 1 atom stereocenters. The maximum atomic E-state index is 14.0. The largest absolute Gasteiger partial charge is 0.374 e. The lowest BCUT2D eigenvalue weighted by molar-refractivity contribution is -0.0183. The van der Waals surface area contributed by atoms with E-state index in [1.807, 2.05) is 6.92 Å². The molecule has 7 nitrogen and oxygen atoms in total. The number of nitrogens with one attached hydrogen (secondary N) is 1. The van der Waals surface area contributed by atoms with Crippen LogP contribution in [0.1, 0.15) is 11.4 Å². The average molecular weight is 320 g/mol. The monoisotopic (exact) mass is 320 g/mol. The van der Waals surface area contributed by atoms with Gasteiger partial charge in [-0.05, 0) is 42.1 Å². The predicted octanol–water partition coefficient (Wildman–Crippen LogP) is 0.530. The average Bonchev–Trinajstić information content (AvgIpc) is 2.98. The zero-order chi connectivity index (χ0) is 16.2. The number of hydrogen-bond donors (Lipinski definition) is 1. The summed E-state index contributed by atoms with van der Waals surface area (Å²) in [6.45, 7) is 5.65. The minimum Gasteiger partial charge on any atom is -0.374 e. The van der Waals surface area contributed by atoms with Crippen molar-refractivity contribution in [2.75, 3.05) is 33.3 Å². The van der Waals surface area contributed by atoms with Gasteiger partial charge in [-0.25, -0.2) is 4.39 Å². The standard InChI is InChI=1S/C15H21FN6O/c1-11-3-4-13(16)14(7-11)22-15(18-19-20-22)9-17-8-12-10-21(2)5-6-23-12/h3-4,7,12,17H,5-6,8-10H2,1-2H3/t12-/m1/s1. The normalized spacial score (nSPS) is 19.2. The van der Waals surface area contributed by atoms with Crippen molar-refractivity contribution in [3.05, 3.63) is 35.4 Å². The van der Waals surface area contributed by atoms with E-state index in [1.54, 1.807) is 12.1 Å². The molecule has 3 rings (SSSR count). The summed E-state index contributed by atoms with van der Waals surface area (Å²) >= 11 is 0. The maximum absolute atomic E-state index is 14.0. The predicted molar refractivity (Wildman–Crippen MR) is 82.8 cm³/mol. The van der Waals surface area contributed by atoms with Crippen LogP contribution >= 0.6 is 0 Å². The van der Waals surface area contributed by atoms with Gasteiger partial charge in [-0.2, -0.15) is 4.68 Å². The van der Waals surface area contributed by atoms with Gasteiger partial charge >= 0.3 is 0 Å². The van der Waals surface area contributed by atoms with Crippen molar-refractivity contribution in [3.8, 4) is 5.69 Å². The fourth-order valence-electron chi connectivity index (χ4n) is 2.62. The van der Waals surface area contributed by atoms with Crippen LogP contribution in [0.25, 0.3) is 5.69 Å². The van der Waals surface area contributed by atoms with Gasteiger partial charge in [0.05, 0.1) is 19.3 Å². The Morgan fingerprint density at radius 1 is 1.43 bits per heavy atom. The number of benzene rings is 1. The lowest BCUT2D eigenvalue weighted by Gasteiger charge is -2.30. The molecular weight excluding hydrogens is 299 g/mol. The van der Waals surface area contributed by atoms with Crippen LogP contribution in [0.5, 0.6) is 0 Å². The molecule has 2 aromatic rings. The van der Waals surface area contributed by atoms with Gasteiger partial charge in [-0.1, -0.05) is 6.07 Å². The first-order valence-electron chi connectivity index (χ1n) is 7.68. The van der Waals surface area contributed by atoms with Crippen LogP contribution in [0.2, 0.25) is 0 Å². The Bertz CT molecular complexity index is 661. The number of ether oxygens (including phenoxy) is 1. The molecule has 1 fully saturated rings. The fourth-order valence-corrected chi connectivity index (χ4v) is 2.62. The Morgan fingerprint density at radius 2 is 2.30 bits per heavy atom. The Labute approximate surface area is 134 Å². The van der Waals surface area contributed by atoms with E-state index in [0.717, 1.165) is 25.3 Å². The number of rotatable bonds is 5. The number of halogens is 1. The summed E-state index contributed by atoms with van der Waals surface area (Å²) in [6, 6.07) is 4.88. The first-order valence-corrected chi connectivity index (χ1v) is 7.68. The summed E-state index contributed by atoms with van der Waals surface area (Å²) < 4.78 is 21.1. The highest BCUT2D eigenvalue weighted by Gasteiger charge is 2.18. The van der Waals surface area contributed by atoms with Crippen LogP contribution in [0, 0.1) is 12.7 Å². The minimum absolute atomic E-state index is 0.147. The number of nitrogens with zero attached hydrogens (tertiary/aromatic N) is 5. The van der Waals surface area contributed by atoms with E-state index in [1.165, 1.54) is 10.7 Å². The lowest BCUT2D eigenvalue weighted by Crippen LogP contribution is -2.44. The molecule has 1 N–H and O–H groups in total. The molecular formula is C15H21FN6O. The van der Waals surface area contributed by atoms with Crippen molar-refractivity contribution in [1.29, 1.82) is 0 Å². The number of aromatic nitrogens is 4. The van der Waals surface area contributed by atoms with Crippen molar-refractivity contribution in [3.63, 3.8) is 0 Å². The van der Waals surface area contributed by atoms with E-state index in [4.69, 9.17) is 4.74 Å². The van der Waals surface area contributed by atoms with Crippen molar-refractivity contribution < 1.29 is 9.13 Å². The van der Waals surface area contributed by atoms with Crippen LogP contribution in [-0.2, 0) is 11.3 Å². The van der Waals surface area contributed by atoms with E-state index in [-0.39, 0.29) is 11.9 Å². The topological polar surface area (TPSA) is 68.1 Å². The first kappa shape index (κ1) is 16.0. The number of likely N-dealkylation sites (N-methyl/N-ethyl adjacent to an activating group) is 1. The van der Waals surface area contributed by atoms with Gasteiger partial charge in [0.1, 0.15) is 11.5 Å². The van der Waals surface area contributed by atoms with Crippen molar-refractivity contribution in [2.24, 2.45) is 0 Å². The summed E-state index contributed by atoms with van der Waals surface area (Å²) in [4.78, 5) is 2.24. The minimum atomic E-state index is -0.346. The van der Waals surface area contributed by atoms with E-state index in [0.29, 0.717) is 24.6 Å². The highest BCUT2D eigenvalue weighted by atomic mass is 19.1. The van der Waals surface area contributed by atoms with Crippen LogP contribution in [-0.4, -0.2) is 64.5 Å². The third-order valence-electron chi connectivity index (χ3n) is 3.86. The number of tetrazole rings is 1. The summed E-state index contributed by atoms with van der Waals surface area (Å²) in [7, 11) is 2.08. The number of hydrogen-bond acceptors (Lipinski definition) is 6. The molecule has 1 aromatic heterocycles. The molecule has 1 aromatic carbocycles. The second-order valence-electron chi connectivity index (χ2n) is 5.85. The first-order chi connectivity index (χ1) is 11.1. The van der Waals surface area contributed by atoms with Crippen LogP contribution in [0.4, 0.5) is 4.39 Å². The summed E-state index contributed by atoms with van der Waals surface area (Å²) in [5, 5.41) is 14.8. The molecule has 0 aliphatic carbocycles. The van der Waals surface area contributed by atoms with Crippen molar-refractivity contribution in [2.45, 2.75) is 19.6 Å².